The Morgan fingerprint density at radius 1 is 1.12 bits per heavy atom. The Kier molecular flexibility index (Phi) is 3.85. The van der Waals surface area contributed by atoms with Gasteiger partial charge in [0.05, 0.1) is 11.2 Å². The highest BCUT2D eigenvalue weighted by Crippen LogP contribution is 2.39. The summed E-state index contributed by atoms with van der Waals surface area (Å²) in [7, 11) is 2.18. The zero-order chi connectivity index (χ0) is 17.7. The normalized spacial score (nSPS) is 14.7. The van der Waals surface area contributed by atoms with Gasteiger partial charge < -0.3 is 9.47 Å². The minimum atomic E-state index is 0.797. The van der Waals surface area contributed by atoms with Crippen LogP contribution in [0.2, 0.25) is 5.02 Å². The van der Waals surface area contributed by atoms with Crippen LogP contribution in [0.1, 0.15) is 11.3 Å². The molecule has 26 heavy (non-hydrogen) atoms. The van der Waals surface area contributed by atoms with Gasteiger partial charge in [-0.3, -0.25) is 4.98 Å². The van der Waals surface area contributed by atoms with Crippen molar-refractivity contribution >= 4 is 33.8 Å². The first-order valence-corrected chi connectivity index (χ1v) is 10.0. The minimum Gasteiger partial charge on any atom is -0.312 e. The lowest BCUT2D eigenvalue weighted by Crippen LogP contribution is -2.27. The van der Waals surface area contributed by atoms with E-state index < -0.39 is 0 Å². The number of rotatable bonds is 2. The fourth-order valence-corrected chi connectivity index (χ4v) is 4.95. The maximum atomic E-state index is 6.33. The third-order valence-corrected chi connectivity index (χ3v) is 6.14. The van der Waals surface area contributed by atoms with E-state index >= 15 is 0 Å². The minimum absolute atomic E-state index is 0.797. The van der Waals surface area contributed by atoms with Crippen LogP contribution in [0, 0.1) is 0 Å². The average Bonchev–Trinajstić information content (AvgIpc) is 3.24. The third kappa shape index (κ3) is 2.49. The van der Waals surface area contributed by atoms with Crippen LogP contribution in [0.15, 0.2) is 53.5 Å². The predicted octanol–water partition coefficient (Wildman–Crippen LogP) is 5.40. The molecule has 0 spiro atoms. The van der Waals surface area contributed by atoms with Crippen molar-refractivity contribution in [1.82, 2.24) is 14.5 Å². The number of nitrogens with zero attached hydrogens (tertiary/aromatic N) is 3. The number of likely N-dealkylation sites (N-methyl/N-ethyl adjacent to an activating group) is 1. The van der Waals surface area contributed by atoms with Gasteiger partial charge in [0, 0.05) is 64.3 Å². The second-order valence-corrected chi connectivity index (χ2v) is 8.00. The second-order valence-electron chi connectivity index (χ2n) is 6.82. The maximum absolute atomic E-state index is 6.33. The van der Waals surface area contributed by atoms with Crippen LogP contribution >= 0.6 is 22.9 Å². The Bertz CT molecular complexity index is 1100. The summed E-state index contributed by atoms with van der Waals surface area (Å²) in [6, 6.07) is 10.4. The quantitative estimate of drug-likeness (QED) is 0.465. The number of fused-ring (bicyclic) bond motifs is 3. The van der Waals surface area contributed by atoms with E-state index in [-0.39, 0.29) is 0 Å². The molecule has 1 aliphatic rings. The zero-order valence-corrected chi connectivity index (χ0v) is 16.0. The number of pyridine rings is 1. The molecule has 1 aliphatic heterocycles. The largest absolute Gasteiger partial charge is 0.312 e. The van der Waals surface area contributed by atoms with Gasteiger partial charge in [-0.15, -0.1) is 11.3 Å². The molecule has 5 rings (SSSR count). The van der Waals surface area contributed by atoms with E-state index in [1.165, 1.54) is 39.0 Å². The van der Waals surface area contributed by atoms with Crippen LogP contribution in [0.3, 0.4) is 0 Å². The fourth-order valence-electron chi connectivity index (χ4n) is 3.95. The first kappa shape index (κ1) is 16.1. The summed E-state index contributed by atoms with van der Waals surface area (Å²) in [6.07, 6.45) is 4.76. The highest BCUT2D eigenvalue weighted by Gasteiger charge is 2.24. The summed E-state index contributed by atoms with van der Waals surface area (Å²) in [5, 5.41) is 6.55. The van der Waals surface area contributed by atoms with E-state index in [1.807, 2.05) is 18.5 Å². The molecule has 130 valence electrons. The second kappa shape index (κ2) is 6.23. The lowest BCUT2D eigenvalue weighted by molar-refractivity contribution is 0.311. The average molecular weight is 380 g/mol. The van der Waals surface area contributed by atoms with Crippen molar-refractivity contribution in [3.05, 3.63) is 69.8 Å². The van der Waals surface area contributed by atoms with Crippen LogP contribution < -0.4 is 0 Å². The molecule has 5 heteroatoms. The fraction of sp³-hybridized carbons (Fsp3) is 0.190. The monoisotopic (exact) mass is 379 g/mol. The molecule has 0 amide bonds. The van der Waals surface area contributed by atoms with E-state index in [1.54, 1.807) is 11.3 Å². The Hall–Kier alpha value is -2.14. The first-order valence-electron chi connectivity index (χ1n) is 8.69. The molecule has 4 heterocycles. The van der Waals surface area contributed by atoms with Gasteiger partial charge in [-0.1, -0.05) is 11.6 Å². The topological polar surface area (TPSA) is 21.1 Å². The van der Waals surface area contributed by atoms with Crippen molar-refractivity contribution in [2.24, 2.45) is 0 Å². The molecule has 1 aromatic carbocycles. The Morgan fingerprint density at radius 3 is 2.81 bits per heavy atom. The van der Waals surface area contributed by atoms with Gasteiger partial charge in [0.25, 0.3) is 0 Å². The zero-order valence-electron chi connectivity index (χ0n) is 14.4. The molecule has 0 fully saturated rings. The van der Waals surface area contributed by atoms with Crippen molar-refractivity contribution in [1.29, 1.82) is 0 Å². The number of hydrogen-bond acceptors (Lipinski definition) is 3. The standard InChI is InChI=1S/C21H18ClN3S/c1-24-9-6-20-17(11-24)16-10-15(22)2-3-19(16)25(20)21-13-26-12-18(21)14-4-7-23-8-5-14/h2-5,7-8,10,12-13H,6,9,11H2,1H3. The van der Waals surface area contributed by atoms with Crippen LogP contribution in [0.4, 0.5) is 0 Å². The number of hydrogen-bond donors (Lipinski definition) is 0. The van der Waals surface area contributed by atoms with Gasteiger partial charge in [0.15, 0.2) is 0 Å². The van der Waals surface area contributed by atoms with Gasteiger partial charge in [-0.2, -0.15) is 0 Å². The number of halogens is 1. The molecular weight excluding hydrogens is 362 g/mol. The van der Waals surface area contributed by atoms with E-state index in [0.29, 0.717) is 0 Å². The molecule has 0 bridgehead atoms. The number of thiophene rings is 1. The summed E-state index contributed by atoms with van der Waals surface area (Å²) in [4.78, 5) is 6.54. The highest BCUT2D eigenvalue weighted by molar-refractivity contribution is 7.08. The number of aromatic nitrogens is 2. The Morgan fingerprint density at radius 2 is 1.96 bits per heavy atom. The van der Waals surface area contributed by atoms with E-state index in [2.05, 4.69) is 56.5 Å². The molecule has 0 radical (unpaired) electrons. The molecule has 0 atom stereocenters. The molecule has 0 aliphatic carbocycles. The van der Waals surface area contributed by atoms with Crippen LogP contribution in [-0.2, 0) is 13.0 Å². The number of benzene rings is 1. The molecule has 0 N–H and O–H groups in total. The molecule has 0 unspecified atom stereocenters. The van der Waals surface area contributed by atoms with Crippen LogP contribution in [-0.4, -0.2) is 28.0 Å². The predicted molar refractivity (Wildman–Crippen MR) is 109 cm³/mol. The summed E-state index contributed by atoms with van der Waals surface area (Å²) >= 11 is 8.08. The van der Waals surface area contributed by atoms with Crippen LogP contribution in [0.25, 0.3) is 27.7 Å². The van der Waals surface area contributed by atoms with Gasteiger partial charge in [0.1, 0.15) is 0 Å². The van der Waals surface area contributed by atoms with Gasteiger partial charge in [-0.25, -0.2) is 0 Å². The van der Waals surface area contributed by atoms with Crippen molar-refractivity contribution < 1.29 is 0 Å². The third-order valence-electron chi connectivity index (χ3n) is 5.17. The summed E-state index contributed by atoms with van der Waals surface area (Å²) in [5.74, 6) is 0. The molecule has 3 nitrogen and oxygen atoms in total. The Balaban J connectivity index is 1.81. The van der Waals surface area contributed by atoms with Gasteiger partial charge in [0.2, 0.25) is 0 Å². The van der Waals surface area contributed by atoms with Gasteiger partial charge >= 0.3 is 0 Å². The Labute approximate surface area is 161 Å². The SMILES string of the molecule is CN1CCc2c(c3cc(Cl)ccc3n2-c2cscc2-c2ccncc2)C1. The van der Waals surface area contributed by atoms with Crippen molar-refractivity contribution in [3.8, 4) is 16.8 Å². The first-order chi connectivity index (χ1) is 12.7. The highest BCUT2D eigenvalue weighted by atomic mass is 35.5. The molecule has 0 saturated carbocycles. The summed E-state index contributed by atoms with van der Waals surface area (Å²) in [5.41, 5.74) is 7.76. The summed E-state index contributed by atoms with van der Waals surface area (Å²) in [6.45, 7) is 2.04. The van der Waals surface area contributed by atoms with E-state index in [4.69, 9.17) is 11.6 Å². The van der Waals surface area contributed by atoms with Gasteiger partial charge in [-0.05, 0) is 48.5 Å². The molecule has 3 aromatic heterocycles. The van der Waals surface area contributed by atoms with Crippen molar-refractivity contribution in [2.75, 3.05) is 13.6 Å². The smallest absolute Gasteiger partial charge is 0.0644 e. The molecule has 4 aromatic rings. The molecule has 0 saturated heterocycles. The van der Waals surface area contributed by atoms with E-state index in [9.17, 15) is 0 Å². The lowest BCUT2D eigenvalue weighted by Gasteiger charge is -2.24. The van der Waals surface area contributed by atoms with Crippen LogP contribution in [0.5, 0.6) is 0 Å². The van der Waals surface area contributed by atoms with E-state index in [0.717, 1.165) is 24.5 Å². The van der Waals surface area contributed by atoms with Crippen molar-refractivity contribution in [2.45, 2.75) is 13.0 Å². The summed E-state index contributed by atoms with van der Waals surface area (Å²) < 4.78 is 2.44. The van der Waals surface area contributed by atoms with Crippen molar-refractivity contribution in [3.63, 3.8) is 0 Å². The maximum Gasteiger partial charge on any atom is 0.0644 e. The molecular formula is C21H18ClN3S. The lowest BCUT2D eigenvalue weighted by atomic mass is 10.0.